The van der Waals surface area contributed by atoms with E-state index >= 15 is 0 Å². The number of aliphatic hydroxyl groups excluding tert-OH is 3. The molecule has 0 aliphatic heterocycles. The Labute approximate surface area is 156 Å². The van der Waals surface area contributed by atoms with Crippen molar-refractivity contribution in [1.82, 2.24) is 0 Å². The monoisotopic (exact) mass is 364 g/mol. The summed E-state index contributed by atoms with van der Waals surface area (Å²) in [6.07, 6.45) is 12.8. The van der Waals surface area contributed by atoms with E-state index in [9.17, 15) is 24.9 Å². The molecule has 0 aromatic rings. The van der Waals surface area contributed by atoms with Crippen molar-refractivity contribution in [3.8, 4) is 0 Å². The smallest absolute Gasteiger partial charge is 0.186 e. The summed E-state index contributed by atoms with van der Waals surface area (Å²) in [5.74, 6) is -1.54. The minimum Gasteiger partial charge on any atom is -0.387 e. The summed E-state index contributed by atoms with van der Waals surface area (Å²) in [6, 6.07) is 0. The molecule has 146 valence electrons. The zero-order chi connectivity index (χ0) is 19.8. The van der Waals surface area contributed by atoms with Crippen molar-refractivity contribution in [1.29, 1.82) is 0 Å². The number of allylic oxidation sites excluding steroid dienone is 6. The second kappa shape index (κ2) is 15.4. The van der Waals surface area contributed by atoms with Crippen LogP contribution in [0.25, 0.3) is 0 Å². The molecule has 3 N–H and O–H groups in total. The van der Waals surface area contributed by atoms with Crippen LogP contribution in [0.3, 0.4) is 0 Å². The van der Waals surface area contributed by atoms with E-state index in [0.29, 0.717) is 0 Å². The van der Waals surface area contributed by atoms with E-state index in [2.05, 4.69) is 13.8 Å². The number of hydrogen-bond acceptors (Lipinski definition) is 5. The minimum absolute atomic E-state index is 0.770. The van der Waals surface area contributed by atoms with E-state index in [1.165, 1.54) is 12.2 Å². The van der Waals surface area contributed by atoms with Crippen molar-refractivity contribution in [2.75, 3.05) is 0 Å². The Morgan fingerprint density at radius 1 is 0.731 bits per heavy atom. The molecule has 2 atom stereocenters. The van der Waals surface area contributed by atoms with Gasteiger partial charge in [-0.1, -0.05) is 76.0 Å². The second-order valence-corrected chi connectivity index (χ2v) is 6.04. The first kappa shape index (κ1) is 24.2. The average molecular weight is 364 g/mol. The fourth-order valence-corrected chi connectivity index (χ4v) is 2.00. The van der Waals surface area contributed by atoms with Gasteiger partial charge in [0, 0.05) is 0 Å². The third kappa shape index (κ3) is 10.9. The van der Waals surface area contributed by atoms with Crippen LogP contribution in [0, 0.1) is 0 Å². The minimum atomic E-state index is -1.88. The lowest BCUT2D eigenvalue weighted by Crippen LogP contribution is -2.45. The predicted molar refractivity (Wildman–Crippen MR) is 104 cm³/mol. The van der Waals surface area contributed by atoms with Crippen LogP contribution in [0.15, 0.2) is 48.6 Å². The van der Waals surface area contributed by atoms with Gasteiger partial charge in [-0.05, 0) is 25.0 Å². The summed E-state index contributed by atoms with van der Waals surface area (Å²) in [5, 5.41) is 29.4. The first-order valence-corrected chi connectivity index (χ1v) is 9.23. The van der Waals surface area contributed by atoms with Crippen LogP contribution < -0.4 is 0 Å². The lowest BCUT2D eigenvalue weighted by molar-refractivity contribution is -0.141. The third-order valence-electron chi connectivity index (χ3n) is 3.69. The third-order valence-corrected chi connectivity index (χ3v) is 3.69. The van der Waals surface area contributed by atoms with E-state index in [1.807, 2.05) is 12.2 Å². The average Bonchev–Trinajstić information content (AvgIpc) is 2.65. The molecule has 26 heavy (non-hydrogen) atoms. The summed E-state index contributed by atoms with van der Waals surface area (Å²) in [7, 11) is 0. The van der Waals surface area contributed by atoms with Crippen LogP contribution in [0.1, 0.15) is 52.4 Å². The van der Waals surface area contributed by atoms with Crippen molar-refractivity contribution >= 4 is 11.6 Å². The van der Waals surface area contributed by atoms with Crippen molar-refractivity contribution in [3.63, 3.8) is 0 Å². The highest BCUT2D eigenvalue weighted by Gasteiger charge is 2.32. The van der Waals surface area contributed by atoms with Gasteiger partial charge in [0.15, 0.2) is 11.6 Å². The highest BCUT2D eigenvalue weighted by molar-refractivity contribution is 5.97. The Bertz CT molecular complexity index is 470. The van der Waals surface area contributed by atoms with E-state index in [1.54, 1.807) is 12.2 Å². The Morgan fingerprint density at radius 2 is 1.12 bits per heavy atom. The fourth-order valence-electron chi connectivity index (χ4n) is 2.00. The molecule has 0 radical (unpaired) electrons. The Balaban J connectivity index is 4.48. The number of rotatable bonds is 14. The van der Waals surface area contributed by atoms with E-state index in [4.69, 9.17) is 0 Å². The second-order valence-electron chi connectivity index (χ2n) is 6.04. The molecule has 0 heterocycles. The molecular formula is C21H32O5. The first-order chi connectivity index (χ1) is 12.5. The molecule has 0 saturated carbocycles. The van der Waals surface area contributed by atoms with Crippen molar-refractivity contribution in [2.24, 2.45) is 0 Å². The number of carbonyl (C=O) groups excluding carboxylic acids is 2. The van der Waals surface area contributed by atoms with Gasteiger partial charge in [-0.2, -0.15) is 0 Å². The van der Waals surface area contributed by atoms with Gasteiger partial charge < -0.3 is 15.3 Å². The van der Waals surface area contributed by atoms with Gasteiger partial charge in [-0.15, -0.1) is 0 Å². The number of carbonyl (C=O) groups is 2. The summed E-state index contributed by atoms with van der Waals surface area (Å²) in [4.78, 5) is 23.6. The van der Waals surface area contributed by atoms with Crippen LogP contribution in [0.5, 0.6) is 0 Å². The summed E-state index contributed by atoms with van der Waals surface area (Å²) in [6.45, 7) is 4.16. The topological polar surface area (TPSA) is 94.8 Å². The Hall–Kier alpha value is -1.82. The molecular weight excluding hydrogens is 332 g/mol. The quantitative estimate of drug-likeness (QED) is 0.250. The van der Waals surface area contributed by atoms with Gasteiger partial charge in [0.2, 0.25) is 0 Å². The van der Waals surface area contributed by atoms with E-state index in [0.717, 1.165) is 50.7 Å². The van der Waals surface area contributed by atoms with E-state index < -0.39 is 29.9 Å². The number of hydrogen-bond donors (Lipinski definition) is 3. The van der Waals surface area contributed by atoms with Crippen LogP contribution in [-0.2, 0) is 9.59 Å². The van der Waals surface area contributed by atoms with Gasteiger partial charge in [0.05, 0.1) is 0 Å². The lowest BCUT2D eigenvalue weighted by atomic mass is 10.0. The Morgan fingerprint density at radius 3 is 1.46 bits per heavy atom. The molecule has 0 rings (SSSR count). The molecule has 0 aromatic carbocycles. The normalized spacial score (nSPS) is 16.0. The highest BCUT2D eigenvalue weighted by atomic mass is 16.4. The van der Waals surface area contributed by atoms with Crippen molar-refractivity contribution in [2.45, 2.75) is 70.7 Å². The number of ketones is 2. The zero-order valence-corrected chi connectivity index (χ0v) is 15.8. The molecule has 0 aromatic heterocycles. The van der Waals surface area contributed by atoms with E-state index in [-0.39, 0.29) is 0 Å². The predicted octanol–water partition coefficient (Wildman–Crippen LogP) is 2.81. The van der Waals surface area contributed by atoms with Crippen molar-refractivity contribution in [3.05, 3.63) is 48.6 Å². The van der Waals surface area contributed by atoms with Crippen LogP contribution in [0.2, 0.25) is 0 Å². The molecule has 0 saturated heterocycles. The van der Waals surface area contributed by atoms with Crippen LogP contribution in [-0.4, -0.2) is 45.2 Å². The number of aliphatic hydroxyl groups is 3. The zero-order valence-electron chi connectivity index (χ0n) is 15.8. The van der Waals surface area contributed by atoms with Gasteiger partial charge in [-0.3, -0.25) is 9.59 Å². The maximum Gasteiger partial charge on any atom is 0.186 e. The summed E-state index contributed by atoms with van der Waals surface area (Å²) >= 11 is 0. The molecule has 0 aliphatic rings. The van der Waals surface area contributed by atoms with Crippen LogP contribution >= 0.6 is 0 Å². The molecule has 0 aliphatic carbocycles. The lowest BCUT2D eigenvalue weighted by Gasteiger charge is -2.19. The fraction of sp³-hybridized carbons (Fsp3) is 0.524. The molecule has 2 unspecified atom stereocenters. The largest absolute Gasteiger partial charge is 0.387 e. The molecule has 0 fully saturated rings. The molecule has 0 amide bonds. The highest BCUT2D eigenvalue weighted by Crippen LogP contribution is 2.05. The molecule has 5 heteroatoms. The van der Waals surface area contributed by atoms with Gasteiger partial charge >= 0.3 is 0 Å². The first-order valence-electron chi connectivity index (χ1n) is 9.23. The van der Waals surface area contributed by atoms with Crippen LogP contribution in [0.4, 0.5) is 0 Å². The maximum atomic E-state index is 11.8. The SMILES string of the molecule is CCCCC=CC=CC(=O)C(O)C(O)C(O)C(=O)C=CC=CCCCC. The standard InChI is InChI=1S/C21H32O5/c1-3-5-7-9-11-13-15-17(22)19(24)21(26)20(25)18(23)16-14-12-10-8-6-4-2/h9-16,19-21,24-26H,3-8H2,1-2H3. The molecule has 0 bridgehead atoms. The van der Waals surface area contributed by atoms with Gasteiger partial charge in [0.25, 0.3) is 0 Å². The Kier molecular flexibility index (Phi) is 14.4. The summed E-state index contributed by atoms with van der Waals surface area (Å²) in [5.41, 5.74) is 0. The van der Waals surface area contributed by atoms with Gasteiger partial charge in [-0.25, -0.2) is 0 Å². The number of unbranched alkanes of at least 4 members (excludes halogenated alkanes) is 4. The molecule has 5 nitrogen and oxygen atoms in total. The summed E-state index contributed by atoms with van der Waals surface area (Å²) < 4.78 is 0. The maximum absolute atomic E-state index is 11.8. The molecule has 0 spiro atoms. The van der Waals surface area contributed by atoms with Crippen molar-refractivity contribution < 1.29 is 24.9 Å². The van der Waals surface area contributed by atoms with Gasteiger partial charge in [0.1, 0.15) is 18.3 Å².